The number of fused-ring (bicyclic) bond motifs is 1. The number of rotatable bonds is 7. The van der Waals surface area contributed by atoms with Crippen LogP contribution in [-0.2, 0) is 11.2 Å². The highest BCUT2D eigenvalue weighted by Gasteiger charge is 2.18. The molecule has 2 atom stereocenters. The number of carbonyl (C=O) groups is 1. The van der Waals surface area contributed by atoms with E-state index in [2.05, 4.69) is 24.5 Å². The largest absolute Gasteiger partial charge is 0.490 e. The maximum Gasteiger partial charge on any atom is 0.224 e. The normalized spacial score (nSPS) is 16.8. The predicted octanol–water partition coefficient (Wildman–Crippen LogP) is 1.70. The van der Waals surface area contributed by atoms with Crippen molar-refractivity contribution in [3.63, 3.8) is 0 Å². The third-order valence-electron chi connectivity index (χ3n) is 3.75. The SMILES string of the molecule is CCC(C)NCC(O)COc1cccc2c1CCC(=O)N2. The summed E-state index contributed by atoms with van der Waals surface area (Å²) in [6.45, 7) is 4.95. The average Bonchev–Trinajstić information content (AvgIpc) is 2.49. The predicted molar refractivity (Wildman–Crippen MR) is 82.7 cm³/mol. The van der Waals surface area contributed by atoms with Gasteiger partial charge in [0.25, 0.3) is 0 Å². The number of hydrogen-bond donors (Lipinski definition) is 3. The molecule has 5 nitrogen and oxygen atoms in total. The first kappa shape index (κ1) is 15.8. The maximum atomic E-state index is 11.4. The van der Waals surface area contributed by atoms with Crippen LogP contribution in [-0.4, -0.2) is 36.3 Å². The van der Waals surface area contributed by atoms with Gasteiger partial charge in [-0.15, -0.1) is 0 Å². The highest BCUT2D eigenvalue weighted by Crippen LogP contribution is 2.31. The molecule has 1 aliphatic heterocycles. The number of amides is 1. The Morgan fingerprint density at radius 3 is 3.00 bits per heavy atom. The minimum Gasteiger partial charge on any atom is -0.490 e. The molecule has 2 rings (SSSR count). The fraction of sp³-hybridized carbons (Fsp3) is 0.562. The van der Waals surface area contributed by atoms with Crippen LogP contribution in [0.15, 0.2) is 18.2 Å². The highest BCUT2D eigenvalue weighted by atomic mass is 16.5. The molecule has 1 aromatic carbocycles. The van der Waals surface area contributed by atoms with Crippen LogP contribution in [0, 0.1) is 0 Å². The van der Waals surface area contributed by atoms with Gasteiger partial charge >= 0.3 is 0 Å². The molecule has 1 heterocycles. The number of carbonyl (C=O) groups excluding carboxylic acids is 1. The lowest BCUT2D eigenvalue weighted by Gasteiger charge is -2.21. The second-order valence-electron chi connectivity index (χ2n) is 5.51. The summed E-state index contributed by atoms with van der Waals surface area (Å²) >= 11 is 0. The van der Waals surface area contributed by atoms with Gasteiger partial charge in [-0.3, -0.25) is 4.79 Å². The molecule has 0 aliphatic carbocycles. The van der Waals surface area contributed by atoms with Crippen LogP contribution >= 0.6 is 0 Å². The van der Waals surface area contributed by atoms with Crippen molar-refractivity contribution < 1.29 is 14.6 Å². The summed E-state index contributed by atoms with van der Waals surface area (Å²) in [5.74, 6) is 0.785. The molecule has 0 saturated carbocycles. The molecule has 3 N–H and O–H groups in total. The van der Waals surface area contributed by atoms with Crippen LogP contribution in [0.2, 0.25) is 0 Å². The molecule has 2 unspecified atom stereocenters. The Morgan fingerprint density at radius 1 is 1.43 bits per heavy atom. The van der Waals surface area contributed by atoms with Gasteiger partial charge in [0.05, 0.1) is 0 Å². The van der Waals surface area contributed by atoms with Crippen LogP contribution in [0.1, 0.15) is 32.3 Å². The maximum absolute atomic E-state index is 11.4. The Bertz CT molecular complexity index is 490. The first-order valence-electron chi connectivity index (χ1n) is 7.56. The zero-order valence-electron chi connectivity index (χ0n) is 12.7. The molecule has 1 aromatic rings. The Labute approximate surface area is 125 Å². The minimum atomic E-state index is -0.548. The minimum absolute atomic E-state index is 0.0393. The van der Waals surface area contributed by atoms with E-state index in [0.29, 0.717) is 25.4 Å². The van der Waals surface area contributed by atoms with E-state index in [4.69, 9.17) is 4.74 Å². The Kier molecular flexibility index (Phi) is 5.59. The Morgan fingerprint density at radius 2 is 2.24 bits per heavy atom. The molecule has 5 heteroatoms. The van der Waals surface area contributed by atoms with Crippen LogP contribution in [0.25, 0.3) is 0 Å². The summed E-state index contributed by atoms with van der Waals surface area (Å²) in [6, 6.07) is 5.99. The molecule has 0 bridgehead atoms. The number of anilines is 1. The van der Waals surface area contributed by atoms with Crippen LogP contribution < -0.4 is 15.4 Å². The molecular formula is C16H24N2O3. The molecule has 1 amide bonds. The van der Waals surface area contributed by atoms with Crippen LogP contribution in [0.3, 0.4) is 0 Å². The van der Waals surface area contributed by atoms with E-state index >= 15 is 0 Å². The molecule has 0 spiro atoms. The Hall–Kier alpha value is -1.59. The van der Waals surface area contributed by atoms with Crippen molar-refractivity contribution in [3.05, 3.63) is 23.8 Å². The molecule has 21 heavy (non-hydrogen) atoms. The third-order valence-corrected chi connectivity index (χ3v) is 3.75. The lowest BCUT2D eigenvalue weighted by molar-refractivity contribution is -0.116. The van der Waals surface area contributed by atoms with Crippen molar-refractivity contribution in [2.75, 3.05) is 18.5 Å². The van der Waals surface area contributed by atoms with Gasteiger partial charge < -0.3 is 20.5 Å². The number of ether oxygens (including phenoxy) is 1. The van der Waals surface area contributed by atoms with E-state index in [9.17, 15) is 9.90 Å². The molecule has 0 radical (unpaired) electrons. The Balaban J connectivity index is 1.89. The van der Waals surface area contributed by atoms with Gasteiger partial charge in [-0.25, -0.2) is 0 Å². The topological polar surface area (TPSA) is 70.6 Å². The van der Waals surface area contributed by atoms with E-state index in [0.717, 1.165) is 23.4 Å². The quantitative estimate of drug-likeness (QED) is 0.715. The standard InChI is InChI=1S/C16H24N2O3/c1-3-11(2)17-9-12(19)10-21-15-6-4-5-14-13(15)7-8-16(20)18-14/h4-6,11-12,17,19H,3,7-10H2,1-2H3,(H,18,20). The van der Waals surface area contributed by atoms with Crippen LogP contribution in [0.4, 0.5) is 5.69 Å². The summed E-state index contributed by atoms with van der Waals surface area (Å²) in [6.07, 6.45) is 1.64. The average molecular weight is 292 g/mol. The molecule has 0 fully saturated rings. The van der Waals surface area contributed by atoms with Crippen molar-refractivity contribution in [2.24, 2.45) is 0 Å². The smallest absolute Gasteiger partial charge is 0.224 e. The van der Waals surface area contributed by atoms with Crippen molar-refractivity contribution in [2.45, 2.75) is 45.3 Å². The van der Waals surface area contributed by atoms with E-state index in [1.807, 2.05) is 18.2 Å². The summed E-state index contributed by atoms with van der Waals surface area (Å²) in [5.41, 5.74) is 1.83. The van der Waals surface area contributed by atoms with Gasteiger partial charge in [-0.2, -0.15) is 0 Å². The third kappa shape index (κ3) is 4.44. The lowest BCUT2D eigenvalue weighted by Crippen LogP contribution is -2.36. The number of nitrogens with one attached hydrogen (secondary N) is 2. The number of benzene rings is 1. The van der Waals surface area contributed by atoms with Crippen molar-refractivity contribution in [3.8, 4) is 5.75 Å². The second-order valence-corrected chi connectivity index (χ2v) is 5.51. The molecule has 1 aliphatic rings. The zero-order valence-corrected chi connectivity index (χ0v) is 12.7. The number of hydrogen-bond acceptors (Lipinski definition) is 4. The number of aliphatic hydroxyl groups is 1. The summed E-state index contributed by atoms with van der Waals surface area (Å²) in [5, 5.41) is 16.0. The van der Waals surface area contributed by atoms with Crippen molar-refractivity contribution in [1.82, 2.24) is 5.32 Å². The number of aliphatic hydroxyl groups excluding tert-OH is 1. The molecular weight excluding hydrogens is 268 g/mol. The second kappa shape index (κ2) is 7.43. The highest BCUT2D eigenvalue weighted by molar-refractivity contribution is 5.94. The lowest BCUT2D eigenvalue weighted by atomic mass is 10.0. The van der Waals surface area contributed by atoms with Crippen LogP contribution in [0.5, 0.6) is 5.75 Å². The summed E-state index contributed by atoms with van der Waals surface area (Å²) < 4.78 is 5.73. The summed E-state index contributed by atoms with van der Waals surface area (Å²) in [4.78, 5) is 11.4. The fourth-order valence-corrected chi connectivity index (χ4v) is 2.25. The fourth-order valence-electron chi connectivity index (χ4n) is 2.25. The van der Waals surface area contributed by atoms with E-state index < -0.39 is 6.10 Å². The monoisotopic (exact) mass is 292 g/mol. The van der Waals surface area contributed by atoms with Gasteiger partial charge in [-0.05, 0) is 31.9 Å². The molecule has 0 saturated heterocycles. The first-order valence-corrected chi connectivity index (χ1v) is 7.56. The van der Waals surface area contributed by atoms with Crippen molar-refractivity contribution in [1.29, 1.82) is 0 Å². The van der Waals surface area contributed by atoms with Gasteiger partial charge in [0.15, 0.2) is 0 Å². The molecule has 0 aromatic heterocycles. The first-order chi connectivity index (χ1) is 10.1. The van der Waals surface area contributed by atoms with Gasteiger partial charge in [-0.1, -0.05) is 13.0 Å². The van der Waals surface area contributed by atoms with E-state index in [1.165, 1.54) is 0 Å². The summed E-state index contributed by atoms with van der Waals surface area (Å²) in [7, 11) is 0. The molecule has 116 valence electrons. The zero-order chi connectivity index (χ0) is 15.2. The van der Waals surface area contributed by atoms with Gasteiger partial charge in [0.1, 0.15) is 18.5 Å². The van der Waals surface area contributed by atoms with Gasteiger partial charge in [0.2, 0.25) is 5.91 Å². The van der Waals surface area contributed by atoms with E-state index in [-0.39, 0.29) is 12.5 Å². The van der Waals surface area contributed by atoms with Crippen molar-refractivity contribution >= 4 is 11.6 Å². The van der Waals surface area contributed by atoms with Gasteiger partial charge in [0, 0.05) is 30.3 Å². The van der Waals surface area contributed by atoms with E-state index in [1.54, 1.807) is 0 Å².